The summed E-state index contributed by atoms with van der Waals surface area (Å²) in [6.07, 6.45) is 3.16. The lowest BCUT2D eigenvalue weighted by Gasteiger charge is -2.06. The fourth-order valence-corrected chi connectivity index (χ4v) is 1.70. The molecule has 2 N–H and O–H groups in total. The highest BCUT2D eigenvalue weighted by molar-refractivity contribution is 5.95. The maximum Gasteiger partial charge on any atom is 0.289 e. The van der Waals surface area contributed by atoms with Gasteiger partial charge in [0.25, 0.3) is 5.91 Å². The molecule has 6 heteroatoms. The van der Waals surface area contributed by atoms with E-state index in [9.17, 15) is 9.59 Å². The zero-order chi connectivity index (χ0) is 13.2. The number of carbonyl (C=O) groups excluding carboxylic acids is 2. The summed E-state index contributed by atoms with van der Waals surface area (Å²) in [5.74, 6) is -0.572. The van der Waals surface area contributed by atoms with Gasteiger partial charge in [-0.1, -0.05) is 12.1 Å². The van der Waals surface area contributed by atoms with Crippen molar-refractivity contribution in [2.24, 2.45) is 5.92 Å². The van der Waals surface area contributed by atoms with Crippen molar-refractivity contribution in [2.75, 3.05) is 0 Å². The quantitative estimate of drug-likeness (QED) is 0.778. The topological polar surface area (TPSA) is 84.0 Å². The predicted octanol–water partition coefficient (Wildman–Crippen LogP) is 0.801. The summed E-state index contributed by atoms with van der Waals surface area (Å²) in [5.41, 5.74) is 6.27. The van der Waals surface area contributed by atoms with Gasteiger partial charge in [0.15, 0.2) is 0 Å². The molecule has 96 valence electrons. The maximum atomic E-state index is 11.8. The molecular weight excluding hydrogens is 244 g/mol. The monoisotopic (exact) mass is 256 g/mol. The minimum Gasteiger partial charge on any atom is -0.273 e. The van der Waals surface area contributed by atoms with E-state index in [1.807, 2.05) is 18.2 Å². The molecule has 0 unspecified atom stereocenters. The highest BCUT2D eigenvalue weighted by Gasteiger charge is 2.29. The fraction of sp³-hybridized carbons (Fsp3) is 0.231. The van der Waals surface area contributed by atoms with E-state index in [0.29, 0.717) is 5.52 Å². The van der Waals surface area contributed by atoms with Crippen molar-refractivity contribution >= 4 is 22.8 Å². The molecule has 1 aliphatic carbocycles. The molecule has 2 amide bonds. The van der Waals surface area contributed by atoms with Gasteiger partial charge in [0.2, 0.25) is 5.91 Å². The van der Waals surface area contributed by atoms with E-state index in [2.05, 4.69) is 20.8 Å². The molecule has 1 aliphatic rings. The number of amides is 2. The number of fused-ring (bicyclic) bond motifs is 1. The average molecular weight is 256 g/mol. The molecular formula is C13H12N4O2. The first-order valence-electron chi connectivity index (χ1n) is 6.06. The number of hydrazine groups is 1. The van der Waals surface area contributed by atoms with Crippen molar-refractivity contribution in [3.8, 4) is 0 Å². The molecule has 19 heavy (non-hydrogen) atoms. The van der Waals surface area contributed by atoms with E-state index in [4.69, 9.17) is 0 Å². The van der Waals surface area contributed by atoms with Crippen LogP contribution in [0, 0.1) is 5.92 Å². The van der Waals surface area contributed by atoms with Gasteiger partial charge in [0.05, 0.1) is 17.2 Å². The van der Waals surface area contributed by atoms with Crippen LogP contribution >= 0.6 is 0 Å². The van der Waals surface area contributed by atoms with Crippen molar-refractivity contribution in [1.29, 1.82) is 0 Å². The predicted molar refractivity (Wildman–Crippen MR) is 67.9 cm³/mol. The highest BCUT2D eigenvalue weighted by Crippen LogP contribution is 2.28. The van der Waals surface area contributed by atoms with Crippen LogP contribution in [0.3, 0.4) is 0 Å². The summed E-state index contributed by atoms with van der Waals surface area (Å²) < 4.78 is 0. The van der Waals surface area contributed by atoms with Crippen molar-refractivity contribution in [1.82, 2.24) is 20.8 Å². The first-order valence-corrected chi connectivity index (χ1v) is 6.06. The van der Waals surface area contributed by atoms with Crippen LogP contribution in [0.4, 0.5) is 0 Å². The Kier molecular flexibility index (Phi) is 2.83. The summed E-state index contributed by atoms with van der Waals surface area (Å²) in [6, 6.07) is 7.28. The number of hydrogen-bond donors (Lipinski definition) is 2. The summed E-state index contributed by atoms with van der Waals surface area (Å²) in [4.78, 5) is 31.5. The van der Waals surface area contributed by atoms with Crippen LogP contribution in [0.1, 0.15) is 23.3 Å². The molecule has 1 aromatic carbocycles. The van der Waals surface area contributed by atoms with Crippen molar-refractivity contribution in [3.63, 3.8) is 0 Å². The Morgan fingerprint density at radius 2 is 1.84 bits per heavy atom. The first-order chi connectivity index (χ1) is 9.24. The lowest BCUT2D eigenvalue weighted by molar-refractivity contribution is -0.123. The number of benzene rings is 1. The van der Waals surface area contributed by atoms with E-state index in [0.717, 1.165) is 18.4 Å². The zero-order valence-corrected chi connectivity index (χ0v) is 10.1. The number of para-hydroxylation sites is 2. The Balaban J connectivity index is 1.71. The Morgan fingerprint density at radius 3 is 2.58 bits per heavy atom. The number of aromatic nitrogens is 2. The number of hydrogen-bond acceptors (Lipinski definition) is 4. The van der Waals surface area contributed by atoms with Crippen molar-refractivity contribution in [2.45, 2.75) is 12.8 Å². The number of carbonyl (C=O) groups is 2. The largest absolute Gasteiger partial charge is 0.289 e. The third-order valence-corrected chi connectivity index (χ3v) is 2.93. The smallest absolute Gasteiger partial charge is 0.273 e. The third kappa shape index (κ3) is 2.52. The van der Waals surface area contributed by atoms with Crippen LogP contribution < -0.4 is 10.9 Å². The van der Waals surface area contributed by atoms with Gasteiger partial charge in [-0.3, -0.25) is 25.4 Å². The normalized spacial score (nSPS) is 14.1. The van der Waals surface area contributed by atoms with Crippen LogP contribution in [0.5, 0.6) is 0 Å². The Hall–Kier alpha value is -2.50. The Bertz CT molecular complexity index is 652. The second kappa shape index (κ2) is 4.64. The van der Waals surface area contributed by atoms with E-state index in [1.54, 1.807) is 6.07 Å². The first kappa shape index (κ1) is 11.6. The number of nitrogens with zero attached hydrogens (tertiary/aromatic N) is 2. The van der Waals surface area contributed by atoms with E-state index in [1.165, 1.54) is 6.20 Å². The van der Waals surface area contributed by atoms with Crippen LogP contribution in [0.2, 0.25) is 0 Å². The van der Waals surface area contributed by atoms with Gasteiger partial charge in [-0.25, -0.2) is 4.98 Å². The molecule has 0 spiro atoms. The number of nitrogens with one attached hydrogen (secondary N) is 2. The molecule has 0 saturated heterocycles. The molecule has 1 fully saturated rings. The van der Waals surface area contributed by atoms with Gasteiger partial charge in [0, 0.05) is 5.92 Å². The molecule has 1 heterocycles. The molecule has 0 aliphatic heterocycles. The van der Waals surface area contributed by atoms with E-state index < -0.39 is 5.91 Å². The van der Waals surface area contributed by atoms with Gasteiger partial charge in [-0.2, -0.15) is 0 Å². The van der Waals surface area contributed by atoms with Crippen molar-refractivity contribution in [3.05, 3.63) is 36.2 Å². The van der Waals surface area contributed by atoms with Crippen LogP contribution in [-0.2, 0) is 4.79 Å². The Morgan fingerprint density at radius 1 is 1.11 bits per heavy atom. The van der Waals surface area contributed by atoms with Crippen LogP contribution in [0.25, 0.3) is 11.0 Å². The minimum absolute atomic E-state index is 0.0444. The second-order valence-electron chi connectivity index (χ2n) is 4.46. The van der Waals surface area contributed by atoms with E-state index in [-0.39, 0.29) is 17.5 Å². The summed E-state index contributed by atoms with van der Waals surface area (Å²) in [5, 5.41) is 0. The lowest BCUT2D eigenvalue weighted by Crippen LogP contribution is -2.42. The van der Waals surface area contributed by atoms with Gasteiger partial charge in [-0.15, -0.1) is 0 Å². The highest BCUT2D eigenvalue weighted by atomic mass is 16.2. The fourth-order valence-electron chi connectivity index (χ4n) is 1.70. The zero-order valence-electron chi connectivity index (χ0n) is 10.1. The molecule has 1 aromatic heterocycles. The molecule has 6 nitrogen and oxygen atoms in total. The molecule has 0 radical (unpaired) electrons. The number of rotatable bonds is 2. The summed E-state index contributed by atoms with van der Waals surface area (Å²) in [7, 11) is 0. The van der Waals surface area contributed by atoms with Gasteiger partial charge in [0.1, 0.15) is 5.69 Å². The molecule has 3 rings (SSSR count). The van der Waals surface area contributed by atoms with Crippen molar-refractivity contribution < 1.29 is 9.59 Å². The second-order valence-corrected chi connectivity index (χ2v) is 4.46. The molecule has 0 atom stereocenters. The van der Waals surface area contributed by atoms with E-state index >= 15 is 0 Å². The molecule has 1 saturated carbocycles. The van der Waals surface area contributed by atoms with Crippen LogP contribution in [-0.4, -0.2) is 21.8 Å². The summed E-state index contributed by atoms with van der Waals surface area (Å²) >= 11 is 0. The molecule has 2 aromatic rings. The lowest BCUT2D eigenvalue weighted by atomic mass is 10.3. The summed E-state index contributed by atoms with van der Waals surface area (Å²) in [6.45, 7) is 0. The Labute approximate surface area is 109 Å². The minimum atomic E-state index is -0.466. The standard InChI is InChI=1S/C13H12N4O2/c18-12(8-5-6-8)16-17-13(19)11-7-14-9-3-1-2-4-10(9)15-11/h1-4,7-8H,5-6H2,(H,16,18)(H,17,19). The van der Waals surface area contributed by atoms with Gasteiger partial charge >= 0.3 is 0 Å². The maximum absolute atomic E-state index is 11.8. The van der Waals surface area contributed by atoms with Gasteiger partial charge < -0.3 is 0 Å². The molecule has 0 bridgehead atoms. The SMILES string of the molecule is O=C(NNC(=O)C1CC1)c1cnc2ccccc2n1. The van der Waals surface area contributed by atoms with Gasteiger partial charge in [-0.05, 0) is 25.0 Å². The third-order valence-electron chi connectivity index (χ3n) is 2.93. The average Bonchev–Trinajstić information content (AvgIpc) is 3.28. The van der Waals surface area contributed by atoms with Crippen LogP contribution in [0.15, 0.2) is 30.5 Å².